The average Bonchev–Trinajstić information content (AvgIpc) is 2.62. The lowest BCUT2D eigenvalue weighted by atomic mass is 9.91. The normalized spacial score (nSPS) is 24.3. The quantitative estimate of drug-likeness (QED) is 0.861. The number of piperazine rings is 1. The Hall–Kier alpha value is -1.48. The third-order valence-corrected chi connectivity index (χ3v) is 7.11. The molecule has 8 heteroatoms. The van der Waals surface area contributed by atoms with E-state index in [0.29, 0.717) is 26.2 Å². The molecule has 0 saturated carbocycles. The molecule has 2 saturated heterocycles. The largest absolute Gasteiger partial charge is 0.478 e. The van der Waals surface area contributed by atoms with E-state index < -0.39 is 16.2 Å². The third kappa shape index (κ3) is 4.03. The SMILES string of the molecule is CN1CCN(S(=O)(=O)N2CCC[C@H](c3cccc(C(=O)O)c3)C2)CC1. The molecule has 0 radical (unpaired) electrons. The fourth-order valence-electron chi connectivity index (χ4n) is 3.53. The zero-order chi connectivity index (χ0) is 18.0. The molecule has 1 N–H and O–H groups in total. The Morgan fingerprint density at radius 1 is 1.12 bits per heavy atom. The number of aromatic carboxylic acids is 1. The molecule has 1 atom stereocenters. The Labute approximate surface area is 149 Å². The molecule has 2 aliphatic rings. The highest BCUT2D eigenvalue weighted by molar-refractivity contribution is 7.86. The number of hydrogen-bond donors (Lipinski definition) is 1. The van der Waals surface area contributed by atoms with Crippen LogP contribution < -0.4 is 0 Å². The molecule has 0 amide bonds. The first-order chi connectivity index (χ1) is 11.9. The van der Waals surface area contributed by atoms with Crippen molar-refractivity contribution in [3.63, 3.8) is 0 Å². The van der Waals surface area contributed by atoms with Gasteiger partial charge in [-0.05, 0) is 43.5 Å². The van der Waals surface area contributed by atoms with Gasteiger partial charge in [0.15, 0.2) is 0 Å². The van der Waals surface area contributed by atoms with Gasteiger partial charge in [0.2, 0.25) is 0 Å². The zero-order valence-electron chi connectivity index (χ0n) is 14.5. The number of hydrogen-bond acceptors (Lipinski definition) is 4. The zero-order valence-corrected chi connectivity index (χ0v) is 15.3. The Kier molecular flexibility index (Phi) is 5.43. The minimum Gasteiger partial charge on any atom is -0.478 e. The Bertz CT molecular complexity index is 729. The Morgan fingerprint density at radius 2 is 1.84 bits per heavy atom. The molecule has 0 aliphatic carbocycles. The summed E-state index contributed by atoms with van der Waals surface area (Å²) in [6.45, 7) is 3.48. The molecule has 0 aromatic heterocycles. The summed E-state index contributed by atoms with van der Waals surface area (Å²) in [5, 5.41) is 9.16. The Balaban J connectivity index is 1.74. The fraction of sp³-hybridized carbons (Fsp3) is 0.588. The van der Waals surface area contributed by atoms with Crippen LogP contribution in [0.2, 0.25) is 0 Å². The molecule has 25 heavy (non-hydrogen) atoms. The molecule has 2 heterocycles. The van der Waals surface area contributed by atoms with Gasteiger partial charge in [0.25, 0.3) is 10.2 Å². The van der Waals surface area contributed by atoms with Crippen LogP contribution in [0, 0.1) is 0 Å². The number of likely N-dealkylation sites (N-methyl/N-ethyl adjacent to an activating group) is 1. The van der Waals surface area contributed by atoms with Crippen molar-refractivity contribution in [1.82, 2.24) is 13.5 Å². The summed E-state index contributed by atoms with van der Waals surface area (Å²) in [7, 11) is -1.46. The summed E-state index contributed by atoms with van der Waals surface area (Å²) in [6.07, 6.45) is 1.66. The minimum atomic E-state index is -3.45. The Morgan fingerprint density at radius 3 is 2.52 bits per heavy atom. The maximum absolute atomic E-state index is 12.9. The van der Waals surface area contributed by atoms with Gasteiger partial charge in [-0.25, -0.2) is 4.79 Å². The van der Waals surface area contributed by atoms with Gasteiger partial charge in [0.1, 0.15) is 0 Å². The first-order valence-corrected chi connectivity index (χ1v) is 10.0. The first-order valence-electron chi connectivity index (χ1n) is 8.65. The van der Waals surface area contributed by atoms with Crippen LogP contribution in [0.1, 0.15) is 34.7 Å². The lowest BCUT2D eigenvalue weighted by Gasteiger charge is -2.38. The summed E-state index contributed by atoms with van der Waals surface area (Å²) in [5.74, 6) is -0.921. The van der Waals surface area contributed by atoms with Gasteiger partial charge in [-0.15, -0.1) is 0 Å². The number of carboxylic acids is 1. The van der Waals surface area contributed by atoms with Crippen molar-refractivity contribution in [3.8, 4) is 0 Å². The van der Waals surface area contributed by atoms with Crippen molar-refractivity contribution in [3.05, 3.63) is 35.4 Å². The molecule has 138 valence electrons. The lowest BCUT2D eigenvalue weighted by Crippen LogP contribution is -2.53. The van der Waals surface area contributed by atoms with E-state index in [4.69, 9.17) is 5.11 Å². The van der Waals surface area contributed by atoms with Crippen LogP contribution in [-0.2, 0) is 10.2 Å². The number of carbonyl (C=O) groups is 1. The van der Waals surface area contributed by atoms with E-state index in [9.17, 15) is 13.2 Å². The van der Waals surface area contributed by atoms with Crippen molar-refractivity contribution in [2.24, 2.45) is 0 Å². The number of carboxylic acid groups (broad SMARTS) is 1. The molecule has 2 fully saturated rings. The van der Waals surface area contributed by atoms with E-state index in [2.05, 4.69) is 4.90 Å². The second-order valence-corrected chi connectivity index (χ2v) is 8.77. The van der Waals surface area contributed by atoms with Gasteiger partial charge >= 0.3 is 5.97 Å². The third-order valence-electron chi connectivity index (χ3n) is 5.10. The van der Waals surface area contributed by atoms with Crippen LogP contribution in [0.5, 0.6) is 0 Å². The van der Waals surface area contributed by atoms with Crippen molar-refractivity contribution < 1.29 is 18.3 Å². The lowest BCUT2D eigenvalue weighted by molar-refractivity contribution is 0.0696. The maximum Gasteiger partial charge on any atom is 0.335 e. The fourth-order valence-corrected chi connectivity index (χ4v) is 5.21. The number of benzene rings is 1. The van der Waals surface area contributed by atoms with Crippen molar-refractivity contribution in [2.75, 3.05) is 46.3 Å². The topological polar surface area (TPSA) is 81.2 Å². The van der Waals surface area contributed by atoms with Crippen LogP contribution in [0.25, 0.3) is 0 Å². The van der Waals surface area contributed by atoms with Crippen LogP contribution >= 0.6 is 0 Å². The van der Waals surface area contributed by atoms with Crippen LogP contribution in [-0.4, -0.2) is 79.3 Å². The number of nitrogens with zero attached hydrogens (tertiary/aromatic N) is 3. The van der Waals surface area contributed by atoms with Gasteiger partial charge in [-0.2, -0.15) is 17.0 Å². The molecule has 2 aliphatic heterocycles. The minimum absolute atomic E-state index is 0.0373. The van der Waals surface area contributed by atoms with Gasteiger partial charge in [-0.1, -0.05) is 12.1 Å². The number of rotatable bonds is 4. The monoisotopic (exact) mass is 367 g/mol. The second kappa shape index (κ2) is 7.41. The van der Waals surface area contributed by atoms with Crippen molar-refractivity contribution >= 4 is 16.2 Å². The summed E-state index contributed by atoms with van der Waals surface area (Å²) in [5.41, 5.74) is 1.15. The predicted octanol–water partition coefficient (Wildman–Crippen LogP) is 1.06. The van der Waals surface area contributed by atoms with Gasteiger partial charge in [0.05, 0.1) is 5.56 Å². The summed E-state index contributed by atoms with van der Waals surface area (Å²) < 4.78 is 29.0. The molecule has 0 unspecified atom stereocenters. The van der Waals surface area contributed by atoms with E-state index in [1.54, 1.807) is 26.8 Å². The highest BCUT2D eigenvalue weighted by atomic mass is 32.2. The standard InChI is InChI=1S/C17H25N3O4S/c1-18-8-10-19(11-9-18)25(23,24)20-7-3-6-16(13-20)14-4-2-5-15(12-14)17(21)22/h2,4-5,12,16H,3,6-11,13H2,1H3,(H,21,22)/t16-/m0/s1. The highest BCUT2D eigenvalue weighted by Gasteiger charge is 2.35. The van der Waals surface area contributed by atoms with Gasteiger partial charge in [-0.3, -0.25) is 0 Å². The molecule has 1 aromatic carbocycles. The van der Waals surface area contributed by atoms with E-state index in [1.165, 1.54) is 0 Å². The predicted molar refractivity (Wildman–Crippen MR) is 94.9 cm³/mol. The van der Waals surface area contributed by atoms with E-state index in [1.807, 2.05) is 13.1 Å². The van der Waals surface area contributed by atoms with Gasteiger partial charge in [0, 0.05) is 39.3 Å². The molecule has 0 spiro atoms. The molecular formula is C17H25N3O4S. The van der Waals surface area contributed by atoms with Gasteiger partial charge < -0.3 is 10.0 Å². The summed E-state index contributed by atoms with van der Waals surface area (Å²) in [6, 6.07) is 6.85. The smallest absolute Gasteiger partial charge is 0.335 e. The van der Waals surface area contributed by atoms with E-state index >= 15 is 0 Å². The average molecular weight is 367 g/mol. The molecule has 3 rings (SSSR count). The van der Waals surface area contributed by atoms with Crippen LogP contribution in [0.4, 0.5) is 0 Å². The first kappa shape index (κ1) is 18.3. The van der Waals surface area contributed by atoms with Crippen molar-refractivity contribution in [2.45, 2.75) is 18.8 Å². The molecule has 0 bridgehead atoms. The molecule has 1 aromatic rings. The van der Waals surface area contributed by atoms with Crippen LogP contribution in [0.3, 0.4) is 0 Å². The summed E-state index contributed by atoms with van der Waals surface area (Å²) >= 11 is 0. The summed E-state index contributed by atoms with van der Waals surface area (Å²) in [4.78, 5) is 13.3. The second-order valence-electron chi connectivity index (χ2n) is 6.84. The highest BCUT2D eigenvalue weighted by Crippen LogP contribution is 2.29. The maximum atomic E-state index is 12.9. The van der Waals surface area contributed by atoms with Crippen LogP contribution in [0.15, 0.2) is 24.3 Å². The van der Waals surface area contributed by atoms with E-state index in [-0.39, 0.29) is 11.5 Å². The number of piperidine rings is 1. The van der Waals surface area contributed by atoms with Crippen molar-refractivity contribution in [1.29, 1.82) is 0 Å². The molecular weight excluding hydrogens is 342 g/mol. The molecule has 7 nitrogen and oxygen atoms in total. The van der Waals surface area contributed by atoms with E-state index in [0.717, 1.165) is 31.5 Å².